The molecule has 0 spiro atoms. The average Bonchev–Trinajstić information content (AvgIpc) is 2.37. The summed E-state index contributed by atoms with van der Waals surface area (Å²) in [5.74, 6) is 0.588. The highest BCUT2D eigenvalue weighted by Crippen LogP contribution is 2.19. The Bertz CT molecular complexity index is 392. The van der Waals surface area contributed by atoms with E-state index in [-0.39, 0.29) is 12.0 Å². The Labute approximate surface area is 108 Å². The van der Waals surface area contributed by atoms with Crippen LogP contribution in [0.1, 0.15) is 27.2 Å². The second-order valence-electron chi connectivity index (χ2n) is 4.23. The van der Waals surface area contributed by atoms with E-state index in [2.05, 4.69) is 12.2 Å². The monoisotopic (exact) mass is 251 g/mol. The molecule has 2 unspecified atom stereocenters. The van der Waals surface area contributed by atoms with Gasteiger partial charge in [-0.3, -0.25) is 4.79 Å². The van der Waals surface area contributed by atoms with Crippen LogP contribution in [0.15, 0.2) is 24.3 Å². The van der Waals surface area contributed by atoms with Crippen LogP contribution < -0.4 is 10.1 Å². The third-order valence-electron chi connectivity index (χ3n) is 2.74. The summed E-state index contributed by atoms with van der Waals surface area (Å²) in [6.07, 6.45) is 0.634. The van der Waals surface area contributed by atoms with Crippen LogP contribution >= 0.6 is 0 Å². The standard InChI is InChI=1S/C14H21NO3/c1-5-10(2)18-13-8-6-7-12(9-13)15-14(16)11(3)17-4/h6-11H,5H2,1-4H3,(H,15,16). The van der Waals surface area contributed by atoms with E-state index in [4.69, 9.17) is 9.47 Å². The fourth-order valence-electron chi connectivity index (χ4n) is 1.31. The Hall–Kier alpha value is -1.55. The van der Waals surface area contributed by atoms with Gasteiger partial charge in [-0.1, -0.05) is 13.0 Å². The molecule has 0 fully saturated rings. The van der Waals surface area contributed by atoms with Crippen molar-refractivity contribution in [2.24, 2.45) is 0 Å². The van der Waals surface area contributed by atoms with Gasteiger partial charge in [-0.2, -0.15) is 0 Å². The summed E-state index contributed by atoms with van der Waals surface area (Å²) in [4.78, 5) is 11.7. The lowest BCUT2D eigenvalue weighted by atomic mass is 10.2. The minimum Gasteiger partial charge on any atom is -0.491 e. The van der Waals surface area contributed by atoms with E-state index in [0.717, 1.165) is 12.2 Å². The van der Waals surface area contributed by atoms with Crippen LogP contribution in [0.4, 0.5) is 5.69 Å². The molecule has 1 rings (SSSR count). The third-order valence-corrected chi connectivity index (χ3v) is 2.74. The molecule has 1 aromatic rings. The normalized spacial score (nSPS) is 13.8. The number of carbonyl (C=O) groups is 1. The number of hydrogen-bond acceptors (Lipinski definition) is 3. The predicted octanol–water partition coefficient (Wildman–Crippen LogP) is 2.84. The molecule has 1 aromatic carbocycles. The van der Waals surface area contributed by atoms with Gasteiger partial charge in [0.1, 0.15) is 11.9 Å². The SMILES string of the molecule is CCC(C)Oc1cccc(NC(=O)C(C)OC)c1. The van der Waals surface area contributed by atoms with Gasteiger partial charge in [0.2, 0.25) is 0 Å². The molecule has 100 valence electrons. The topological polar surface area (TPSA) is 47.6 Å². The number of carbonyl (C=O) groups excluding carboxylic acids is 1. The highest BCUT2D eigenvalue weighted by molar-refractivity contribution is 5.94. The Morgan fingerprint density at radius 3 is 2.72 bits per heavy atom. The number of benzene rings is 1. The average molecular weight is 251 g/mol. The number of nitrogens with one attached hydrogen (secondary N) is 1. The Balaban J connectivity index is 2.67. The van der Waals surface area contributed by atoms with Gasteiger partial charge in [0.05, 0.1) is 6.10 Å². The molecule has 0 heterocycles. The molecular formula is C14H21NO3. The fourth-order valence-corrected chi connectivity index (χ4v) is 1.31. The van der Waals surface area contributed by atoms with Crippen molar-refractivity contribution >= 4 is 11.6 Å². The van der Waals surface area contributed by atoms with Crippen molar-refractivity contribution in [2.75, 3.05) is 12.4 Å². The van der Waals surface area contributed by atoms with E-state index in [1.54, 1.807) is 6.92 Å². The van der Waals surface area contributed by atoms with Crippen molar-refractivity contribution in [1.29, 1.82) is 0 Å². The quantitative estimate of drug-likeness (QED) is 0.845. The summed E-state index contributed by atoms with van der Waals surface area (Å²) in [5.41, 5.74) is 0.713. The molecule has 4 heteroatoms. The van der Waals surface area contributed by atoms with Crippen molar-refractivity contribution in [3.05, 3.63) is 24.3 Å². The van der Waals surface area contributed by atoms with E-state index >= 15 is 0 Å². The van der Waals surface area contributed by atoms with E-state index < -0.39 is 6.10 Å². The summed E-state index contributed by atoms with van der Waals surface area (Å²) >= 11 is 0. The number of hydrogen-bond donors (Lipinski definition) is 1. The first-order valence-electron chi connectivity index (χ1n) is 6.17. The van der Waals surface area contributed by atoms with Crippen LogP contribution in [-0.4, -0.2) is 25.2 Å². The van der Waals surface area contributed by atoms with Gasteiger partial charge in [-0.05, 0) is 32.4 Å². The minimum atomic E-state index is -0.468. The molecule has 0 aliphatic rings. The van der Waals surface area contributed by atoms with Crippen LogP contribution in [0.25, 0.3) is 0 Å². The summed E-state index contributed by atoms with van der Waals surface area (Å²) < 4.78 is 10.6. The molecule has 1 N–H and O–H groups in total. The second-order valence-corrected chi connectivity index (χ2v) is 4.23. The molecule has 0 bridgehead atoms. The fraction of sp³-hybridized carbons (Fsp3) is 0.500. The third kappa shape index (κ3) is 4.37. The van der Waals surface area contributed by atoms with Gasteiger partial charge >= 0.3 is 0 Å². The van der Waals surface area contributed by atoms with Gasteiger partial charge in [0.15, 0.2) is 0 Å². The number of anilines is 1. The lowest BCUT2D eigenvalue weighted by Gasteiger charge is -2.14. The predicted molar refractivity (Wildman–Crippen MR) is 71.9 cm³/mol. The Morgan fingerprint density at radius 2 is 2.11 bits per heavy atom. The van der Waals surface area contributed by atoms with E-state index in [0.29, 0.717) is 5.69 Å². The van der Waals surface area contributed by atoms with Crippen molar-refractivity contribution in [3.8, 4) is 5.75 Å². The molecule has 2 atom stereocenters. The zero-order valence-electron chi connectivity index (χ0n) is 11.4. The van der Waals surface area contributed by atoms with Crippen molar-refractivity contribution in [2.45, 2.75) is 39.4 Å². The first kappa shape index (κ1) is 14.5. The van der Waals surface area contributed by atoms with Crippen LogP contribution in [0.3, 0.4) is 0 Å². The number of amides is 1. The smallest absolute Gasteiger partial charge is 0.253 e. The van der Waals surface area contributed by atoms with Crippen LogP contribution in [0, 0.1) is 0 Å². The molecule has 0 aliphatic heterocycles. The molecule has 0 saturated carbocycles. The van der Waals surface area contributed by atoms with Crippen molar-refractivity contribution < 1.29 is 14.3 Å². The maximum Gasteiger partial charge on any atom is 0.253 e. The van der Waals surface area contributed by atoms with Gasteiger partial charge in [-0.15, -0.1) is 0 Å². The molecule has 18 heavy (non-hydrogen) atoms. The van der Waals surface area contributed by atoms with Crippen molar-refractivity contribution in [1.82, 2.24) is 0 Å². The summed E-state index contributed by atoms with van der Waals surface area (Å²) in [6.45, 7) is 5.78. The number of ether oxygens (including phenoxy) is 2. The maximum absolute atomic E-state index is 11.7. The summed E-state index contributed by atoms with van der Waals surface area (Å²) in [6, 6.07) is 7.36. The van der Waals surface area contributed by atoms with Crippen LogP contribution in [-0.2, 0) is 9.53 Å². The van der Waals surface area contributed by atoms with E-state index in [1.807, 2.05) is 31.2 Å². The van der Waals surface area contributed by atoms with Crippen LogP contribution in [0.2, 0.25) is 0 Å². The molecule has 0 aliphatic carbocycles. The first-order valence-corrected chi connectivity index (χ1v) is 6.17. The zero-order chi connectivity index (χ0) is 13.5. The van der Waals surface area contributed by atoms with Crippen LogP contribution in [0.5, 0.6) is 5.75 Å². The molecule has 4 nitrogen and oxygen atoms in total. The van der Waals surface area contributed by atoms with E-state index in [9.17, 15) is 4.79 Å². The largest absolute Gasteiger partial charge is 0.491 e. The molecule has 0 aromatic heterocycles. The lowest BCUT2D eigenvalue weighted by molar-refractivity contribution is -0.124. The molecule has 0 radical (unpaired) electrons. The Morgan fingerprint density at radius 1 is 1.39 bits per heavy atom. The highest BCUT2D eigenvalue weighted by Gasteiger charge is 2.11. The maximum atomic E-state index is 11.7. The number of rotatable bonds is 6. The number of methoxy groups -OCH3 is 1. The molecule has 1 amide bonds. The highest BCUT2D eigenvalue weighted by atomic mass is 16.5. The van der Waals surface area contributed by atoms with Gasteiger partial charge < -0.3 is 14.8 Å². The van der Waals surface area contributed by atoms with E-state index in [1.165, 1.54) is 7.11 Å². The second kappa shape index (κ2) is 7.01. The lowest BCUT2D eigenvalue weighted by Crippen LogP contribution is -2.26. The molecule has 0 saturated heterocycles. The zero-order valence-corrected chi connectivity index (χ0v) is 11.4. The van der Waals surface area contributed by atoms with Gasteiger partial charge in [0.25, 0.3) is 5.91 Å². The molecular weight excluding hydrogens is 230 g/mol. The van der Waals surface area contributed by atoms with Gasteiger partial charge in [-0.25, -0.2) is 0 Å². The van der Waals surface area contributed by atoms with Crippen molar-refractivity contribution in [3.63, 3.8) is 0 Å². The summed E-state index contributed by atoms with van der Waals surface area (Å²) in [5, 5.41) is 2.78. The Kier molecular flexibility index (Phi) is 5.65. The first-order chi connectivity index (χ1) is 8.56. The summed E-state index contributed by atoms with van der Waals surface area (Å²) in [7, 11) is 1.51. The van der Waals surface area contributed by atoms with Gasteiger partial charge in [0, 0.05) is 18.9 Å². The minimum absolute atomic E-state index is 0.161.